The first-order valence-corrected chi connectivity index (χ1v) is 6.36. The van der Waals surface area contributed by atoms with Crippen molar-refractivity contribution in [1.82, 2.24) is 0 Å². The predicted molar refractivity (Wildman–Crippen MR) is 72.7 cm³/mol. The van der Waals surface area contributed by atoms with Crippen molar-refractivity contribution in [1.29, 1.82) is 0 Å². The van der Waals surface area contributed by atoms with Gasteiger partial charge in [0, 0.05) is 16.8 Å². The van der Waals surface area contributed by atoms with Gasteiger partial charge < -0.3 is 5.73 Å². The van der Waals surface area contributed by atoms with Crippen molar-refractivity contribution in [2.45, 2.75) is 19.3 Å². The lowest BCUT2D eigenvalue weighted by atomic mass is 9.99. The topological polar surface area (TPSA) is 43.1 Å². The minimum Gasteiger partial charge on any atom is -0.399 e. The Morgan fingerprint density at radius 1 is 1.00 bits per heavy atom. The second-order valence-electron chi connectivity index (χ2n) is 4.94. The number of nitrogen functional groups attached to an aromatic ring is 1. The van der Waals surface area contributed by atoms with E-state index in [-0.39, 0.29) is 11.5 Å². The summed E-state index contributed by atoms with van der Waals surface area (Å²) in [6, 6.07) is 9.68. The Morgan fingerprint density at radius 3 is 2.58 bits per heavy atom. The van der Waals surface area contributed by atoms with Gasteiger partial charge in [-0.15, -0.1) is 0 Å². The molecule has 3 heteroatoms. The van der Waals surface area contributed by atoms with E-state index in [2.05, 4.69) is 0 Å². The third kappa shape index (κ3) is 2.24. The summed E-state index contributed by atoms with van der Waals surface area (Å²) in [5.41, 5.74) is 9.29. The van der Waals surface area contributed by atoms with Crippen LogP contribution in [-0.4, -0.2) is 5.78 Å². The molecular weight excluding hydrogens is 241 g/mol. The quantitative estimate of drug-likeness (QED) is 0.661. The zero-order chi connectivity index (χ0) is 13.4. The number of aryl methyl sites for hydroxylation is 2. The number of anilines is 1. The maximum atomic E-state index is 13.3. The van der Waals surface area contributed by atoms with Crippen LogP contribution < -0.4 is 5.73 Å². The highest BCUT2D eigenvalue weighted by atomic mass is 19.1. The van der Waals surface area contributed by atoms with Gasteiger partial charge in [-0.2, -0.15) is 0 Å². The molecule has 2 aromatic carbocycles. The normalized spacial score (nSPS) is 13.3. The first-order valence-electron chi connectivity index (χ1n) is 6.36. The van der Waals surface area contributed by atoms with Crippen LogP contribution in [0.5, 0.6) is 0 Å². The van der Waals surface area contributed by atoms with E-state index in [4.69, 9.17) is 5.73 Å². The summed E-state index contributed by atoms with van der Waals surface area (Å²) in [7, 11) is 0. The van der Waals surface area contributed by atoms with Crippen LogP contribution in [0.15, 0.2) is 36.4 Å². The van der Waals surface area contributed by atoms with Crippen molar-refractivity contribution >= 4 is 11.5 Å². The van der Waals surface area contributed by atoms with Gasteiger partial charge in [0.2, 0.25) is 0 Å². The third-order valence-electron chi connectivity index (χ3n) is 3.54. The minimum atomic E-state index is -0.482. The lowest BCUT2D eigenvalue weighted by Crippen LogP contribution is -2.04. The van der Waals surface area contributed by atoms with E-state index in [1.165, 1.54) is 29.3 Å². The van der Waals surface area contributed by atoms with Crippen molar-refractivity contribution in [2.24, 2.45) is 0 Å². The summed E-state index contributed by atoms with van der Waals surface area (Å²) in [6.45, 7) is 0. The molecule has 0 aliphatic heterocycles. The van der Waals surface area contributed by atoms with E-state index in [1.807, 2.05) is 18.2 Å². The number of nitrogens with two attached hydrogens (primary N) is 1. The molecule has 19 heavy (non-hydrogen) atoms. The Bertz CT molecular complexity index is 644. The molecule has 2 nitrogen and oxygen atoms in total. The monoisotopic (exact) mass is 255 g/mol. The maximum Gasteiger partial charge on any atom is 0.193 e. The van der Waals surface area contributed by atoms with Crippen LogP contribution in [0.25, 0.3) is 0 Å². The fourth-order valence-electron chi connectivity index (χ4n) is 2.62. The minimum absolute atomic E-state index is 0.180. The molecule has 0 spiro atoms. The highest BCUT2D eigenvalue weighted by molar-refractivity contribution is 6.09. The van der Waals surface area contributed by atoms with Gasteiger partial charge in [-0.1, -0.05) is 12.1 Å². The second kappa shape index (κ2) is 4.50. The fraction of sp³-hybridized carbons (Fsp3) is 0.188. The van der Waals surface area contributed by atoms with Crippen molar-refractivity contribution in [3.05, 3.63) is 64.5 Å². The average molecular weight is 255 g/mol. The largest absolute Gasteiger partial charge is 0.399 e. The fourth-order valence-corrected chi connectivity index (χ4v) is 2.62. The first kappa shape index (κ1) is 11.9. The lowest BCUT2D eigenvalue weighted by molar-refractivity contribution is 0.103. The highest BCUT2D eigenvalue weighted by Crippen LogP contribution is 2.24. The van der Waals surface area contributed by atoms with Gasteiger partial charge in [0.15, 0.2) is 5.78 Å². The number of hydrogen-bond acceptors (Lipinski definition) is 2. The lowest BCUT2D eigenvalue weighted by Gasteiger charge is -2.05. The van der Waals surface area contributed by atoms with Crippen molar-refractivity contribution in [3.63, 3.8) is 0 Å². The smallest absolute Gasteiger partial charge is 0.193 e. The van der Waals surface area contributed by atoms with Gasteiger partial charge >= 0.3 is 0 Å². The van der Waals surface area contributed by atoms with Gasteiger partial charge in [-0.3, -0.25) is 4.79 Å². The Hall–Kier alpha value is -2.16. The van der Waals surface area contributed by atoms with E-state index in [0.29, 0.717) is 11.1 Å². The first-order chi connectivity index (χ1) is 9.13. The average Bonchev–Trinajstić information content (AvgIpc) is 2.83. The van der Waals surface area contributed by atoms with Crippen LogP contribution in [0.4, 0.5) is 10.1 Å². The Labute approximate surface area is 111 Å². The number of fused-ring (bicyclic) bond motifs is 1. The SMILES string of the molecule is Nc1cc(F)cc(C(=O)c2ccc3c(c2)CCC3)c1. The molecule has 0 unspecified atom stereocenters. The molecule has 0 bridgehead atoms. The number of carbonyl (C=O) groups is 1. The van der Waals surface area contributed by atoms with E-state index in [9.17, 15) is 9.18 Å². The van der Waals surface area contributed by atoms with Crippen molar-refractivity contribution in [2.75, 3.05) is 5.73 Å². The molecule has 0 heterocycles. The van der Waals surface area contributed by atoms with Crippen molar-refractivity contribution in [3.8, 4) is 0 Å². The van der Waals surface area contributed by atoms with Crippen LogP contribution in [0.1, 0.15) is 33.5 Å². The molecule has 96 valence electrons. The molecule has 0 radical (unpaired) electrons. The number of halogens is 1. The van der Waals surface area contributed by atoms with Crippen LogP contribution in [0, 0.1) is 5.82 Å². The van der Waals surface area contributed by atoms with Crippen LogP contribution in [0.3, 0.4) is 0 Å². The van der Waals surface area contributed by atoms with Gasteiger partial charge in [0.05, 0.1) is 0 Å². The highest BCUT2D eigenvalue weighted by Gasteiger charge is 2.15. The zero-order valence-corrected chi connectivity index (χ0v) is 10.4. The van der Waals surface area contributed by atoms with Crippen LogP contribution in [0.2, 0.25) is 0 Å². The molecule has 2 N–H and O–H groups in total. The number of benzene rings is 2. The van der Waals surface area contributed by atoms with Gasteiger partial charge in [0.25, 0.3) is 0 Å². The molecule has 0 amide bonds. The van der Waals surface area contributed by atoms with Crippen LogP contribution in [-0.2, 0) is 12.8 Å². The number of hydrogen-bond donors (Lipinski definition) is 1. The summed E-state index contributed by atoms with van der Waals surface area (Å²) in [5, 5.41) is 0. The van der Waals surface area contributed by atoms with Gasteiger partial charge in [0.1, 0.15) is 5.82 Å². The molecule has 0 fully saturated rings. The molecule has 0 saturated heterocycles. The van der Waals surface area contributed by atoms with E-state index in [0.717, 1.165) is 19.3 Å². The molecule has 1 aliphatic carbocycles. The molecule has 3 rings (SSSR count). The van der Waals surface area contributed by atoms with E-state index >= 15 is 0 Å². The summed E-state index contributed by atoms with van der Waals surface area (Å²) in [6.07, 6.45) is 3.23. The molecular formula is C16H14FNO. The predicted octanol–water partition coefficient (Wildman–Crippen LogP) is 3.13. The second-order valence-corrected chi connectivity index (χ2v) is 4.94. The molecule has 0 saturated carbocycles. The van der Waals surface area contributed by atoms with Crippen molar-refractivity contribution < 1.29 is 9.18 Å². The summed E-state index contributed by atoms with van der Waals surface area (Å²) >= 11 is 0. The summed E-state index contributed by atoms with van der Waals surface area (Å²) in [4.78, 5) is 12.3. The van der Waals surface area contributed by atoms with E-state index in [1.54, 1.807) is 0 Å². The Kier molecular flexibility index (Phi) is 2.82. The Balaban J connectivity index is 1.99. The number of carbonyl (C=O) groups excluding carboxylic acids is 1. The molecule has 1 aliphatic rings. The maximum absolute atomic E-state index is 13.3. The molecule has 0 aromatic heterocycles. The Morgan fingerprint density at radius 2 is 1.79 bits per heavy atom. The van der Waals surface area contributed by atoms with Gasteiger partial charge in [-0.05, 0) is 54.7 Å². The number of rotatable bonds is 2. The van der Waals surface area contributed by atoms with Crippen LogP contribution >= 0.6 is 0 Å². The van der Waals surface area contributed by atoms with Gasteiger partial charge in [-0.25, -0.2) is 4.39 Å². The third-order valence-corrected chi connectivity index (χ3v) is 3.54. The summed E-state index contributed by atoms with van der Waals surface area (Å²) in [5.74, 6) is -0.662. The molecule has 0 atom stereocenters. The molecule has 2 aromatic rings. The standard InChI is InChI=1S/C16H14FNO/c17-14-7-13(8-15(18)9-14)16(19)12-5-4-10-2-1-3-11(10)6-12/h4-9H,1-3,18H2. The van der Waals surface area contributed by atoms with E-state index < -0.39 is 5.82 Å². The zero-order valence-electron chi connectivity index (χ0n) is 10.4. The number of ketones is 1. The summed E-state index contributed by atoms with van der Waals surface area (Å²) < 4.78 is 13.3.